The summed E-state index contributed by atoms with van der Waals surface area (Å²) in [7, 11) is 0. The number of unbranched alkanes of at least 4 members (excludes halogenated alkanes) is 1. The number of aliphatic hydroxyl groups excluding tert-OH is 1. The quantitative estimate of drug-likeness (QED) is 0.493. The summed E-state index contributed by atoms with van der Waals surface area (Å²) in [6.45, 7) is 3.20. The summed E-state index contributed by atoms with van der Waals surface area (Å²) in [6.07, 6.45) is 5.39. The molecule has 0 saturated carbocycles. The van der Waals surface area contributed by atoms with Crippen molar-refractivity contribution >= 4 is 5.69 Å². The first-order chi connectivity index (χ1) is 9.61. The first-order valence-corrected chi connectivity index (χ1v) is 7.61. The van der Waals surface area contributed by atoms with Crippen LogP contribution >= 0.6 is 0 Å². The Balaban J connectivity index is 1.91. The van der Waals surface area contributed by atoms with Gasteiger partial charge in [-0.25, -0.2) is 0 Å². The maximum atomic E-state index is 10.4. The van der Waals surface area contributed by atoms with E-state index in [-0.39, 0.29) is 11.8 Å². The van der Waals surface area contributed by atoms with E-state index >= 15 is 0 Å². The van der Waals surface area contributed by atoms with Crippen LogP contribution in [-0.2, 0) is 0 Å². The third-order valence-electron chi connectivity index (χ3n) is 4.29. The Kier molecular flexibility index (Phi) is 5.26. The largest absolute Gasteiger partial charge is 0.506 e. The first-order valence-electron chi connectivity index (χ1n) is 7.61. The van der Waals surface area contributed by atoms with Crippen LogP contribution in [-0.4, -0.2) is 22.8 Å². The predicted molar refractivity (Wildman–Crippen MR) is 81.5 cm³/mol. The summed E-state index contributed by atoms with van der Waals surface area (Å²) in [5.74, 6) is 0.806. The highest BCUT2D eigenvalue weighted by atomic mass is 16.3. The van der Waals surface area contributed by atoms with Crippen LogP contribution in [0.1, 0.15) is 50.7 Å². The van der Waals surface area contributed by atoms with Gasteiger partial charge in [0.1, 0.15) is 5.75 Å². The summed E-state index contributed by atoms with van der Waals surface area (Å²) in [5, 5.41) is 23.3. The van der Waals surface area contributed by atoms with Crippen molar-refractivity contribution < 1.29 is 10.2 Å². The molecular weight excluding hydrogens is 252 g/mol. The minimum absolute atomic E-state index is 0.0668. The molecule has 2 rings (SSSR count). The lowest BCUT2D eigenvalue weighted by molar-refractivity contribution is 0.102. The lowest BCUT2D eigenvalue weighted by atomic mass is 9.87. The van der Waals surface area contributed by atoms with Gasteiger partial charge in [-0.2, -0.15) is 0 Å². The Morgan fingerprint density at radius 1 is 1.40 bits per heavy atom. The van der Waals surface area contributed by atoms with E-state index in [9.17, 15) is 10.2 Å². The Bertz CT molecular complexity index is 428. The molecule has 1 heterocycles. The van der Waals surface area contributed by atoms with Crippen molar-refractivity contribution in [2.75, 3.05) is 12.3 Å². The van der Waals surface area contributed by atoms with Crippen molar-refractivity contribution in [3.63, 3.8) is 0 Å². The van der Waals surface area contributed by atoms with Crippen LogP contribution in [0.2, 0.25) is 0 Å². The third-order valence-corrected chi connectivity index (χ3v) is 4.29. The molecule has 112 valence electrons. The number of anilines is 1. The number of hydrogen-bond acceptors (Lipinski definition) is 4. The second-order valence-corrected chi connectivity index (χ2v) is 5.86. The molecule has 3 unspecified atom stereocenters. The van der Waals surface area contributed by atoms with E-state index in [1.165, 1.54) is 25.7 Å². The Morgan fingerprint density at radius 2 is 2.20 bits per heavy atom. The Labute approximate surface area is 121 Å². The van der Waals surface area contributed by atoms with E-state index in [1.807, 2.05) is 0 Å². The van der Waals surface area contributed by atoms with E-state index in [4.69, 9.17) is 5.73 Å². The Morgan fingerprint density at radius 3 is 2.80 bits per heavy atom. The maximum absolute atomic E-state index is 10.4. The molecule has 0 aliphatic carbocycles. The van der Waals surface area contributed by atoms with Gasteiger partial charge >= 0.3 is 0 Å². The molecule has 20 heavy (non-hydrogen) atoms. The Hall–Kier alpha value is -1.26. The van der Waals surface area contributed by atoms with Gasteiger partial charge in [-0.15, -0.1) is 0 Å². The number of nitrogen functional groups attached to an aromatic ring is 1. The van der Waals surface area contributed by atoms with Gasteiger partial charge < -0.3 is 21.3 Å². The average molecular weight is 278 g/mol. The van der Waals surface area contributed by atoms with E-state index in [1.54, 1.807) is 18.2 Å². The highest BCUT2D eigenvalue weighted by molar-refractivity contribution is 5.53. The molecule has 0 spiro atoms. The van der Waals surface area contributed by atoms with Gasteiger partial charge in [-0.1, -0.05) is 25.8 Å². The fourth-order valence-corrected chi connectivity index (χ4v) is 2.94. The first kappa shape index (κ1) is 15.1. The van der Waals surface area contributed by atoms with Crippen molar-refractivity contribution in [1.82, 2.24) is 5.32 Å². The van der Waals surface area contributed by atoms with Crippen LogP contribution in [0.5, 0.6) is 5.75 Å². The topological polar surface area (TPSA) is 78.5 Å². The molecule has 3 atom stereocenters. The van der Waals surface area contributed by atoms with Crippen LogP contribution in [0.15, 0.2) is 18.2 Å². The minimum atomic E-state index is -0.565. The number of phenolic OH excluding ortho intramolecular Hbond substituents is 1. The fraction of sp³-hybridized carbons (Fsp3) is 0.625. The van der Waals surface area contributed by atoms with E-state index in [2.05, 4.69) is 12.2 Å². The average Bonchev–Trinajstić information content (AvgIpc) is 2.48. The van der Waals surface area contributed by atoms with Gasteiger partial charge in [-0.05, 0) is 49.4 Å². The summed E-state index contributed by atoms with van der Waals surface area (Å²) in [4.78, 5) is 0. The number of aromatic hydroxyl groups is 1. The number of piperidine rings is 1. The molecule has 0 aromatic heterocycles. The van der Waals surface area contributed by atoms with Crippen LogP contribution in [0.3, 0.4) is 0 Å². The highest BCUT2D eigenvalue weighted by Crippen LogP contribution is 2.30. The van der Waals surface area contributed by atoms with Crippen molar-refractivity contribution in [2.24, 2.45) is 5.92 Å². The molecule has 1 saturated heterocycles. The van der Waals surface area contributed by atoms with Crippen LogP contribution in [0, 0.1) is 5.92 Å². The number of hydrogen-bond donors (Lipinski definition) is 4. The molecule has 1 aliphatic rings. The smallest absolute Gasteiger partial charge is 0.138 e. The monoisotopic (exact) mass is 278 g/mol. The van der Waals surface area contributed by atoms with Gasteiger partial charge in [0.2, 0.25) is 0 Å². The van der Waals surface area contributed by atoms with Crippen molar-refractivity contribution in [1.29, 1.82) is 0 Å². The van der Waals surface area contributed by atoms with Crippen molar-refractivity contribution in [2.45, 2.75) is 51.2 Å². The van der Waals surface area contributed by atoms with E-state index in [0.717, 1.165) is 24.4 Å². The number of nitrogens with one attached hydrogen (secondary N) is 1. The number of nitrogens with two attached hydrogens (primary N) is 1. The van der Waals surface area contributed by atoms with Gasteiger partial charge in [0.25, 0.3) is 0 Å². The molecule has 0 amide bonds. The predicted octanol–water partition coefficient (Wildman–Crippen LogP) is 2.57. The SMILES string of the molecule is CCCCC1CCC(C(O)c2ccc(O)c(N)c2)NC1. The normalized spacial score (nSPS) is 24.5. The third kappa shape index (κ3) is 3.64. The van der Waals surface area contributed by atoms with Crippen molar-refractivity contribution in [3.8, 4) is 5.75 Å². The second kappa shape index (κ2) is 6.95. The van der Waals surface area contributed by atoms with Crippen LogP contribution < -0.4 is 11.1 Å². The zero-order chi connectivity index (χ0) is 14.5. The zero-order valence-electron chi connectivity index (χ0n) is 12.2. The van der Waals surface area contributed by atoms with Gasteiger partial charge in [0.15, 0.2) is 0 Å². The molecule has 4 heteroatoms. The lowest BCUT2D eigenvalue weighted by Crippen LogP contribution is -2.42. The van der Waals surface area contributed by atoms with Crippen LogP contribution in [0.25, 0.3) is 0 Å². The molecular formula is C16H26N2O2. The molecule has 1 aromatic rings. The van der Waals surface area contributed by atoms with Crippen molar-refractivity contribution in [3.05, 3.63) is 23.8 Å². The summed E-state index contributed by atoms with van der Waals surface area (Å²) < 4.78 is 0. The second-order valence-electron chi connectivity index (χ2n) is 5.86. The number of phenols is 1. The van der Waals surface area contributed by atoms with Crippen LogP contribution in [0.4, 0.5) is 5.69 Å². The summed E-state index contributed by atoms with van der Waals surface area (Å²) >= 11 is 0. The highest BCUT2D eigenvalue weighted by Gasteiger charge is 2.26. The van der Waals surface area contributed by atoms with Gasteiger partial charge in [-0.3, -0.25) is 0 Å². The standard InChI is InChI=1S/C16H26N2O2/c1-2-3-4-11-5-7-14(18-10-11)16(20)12-6-8-15(19)13(17)9-12/h6,8-9,11,14,16,18-20H,2-5,7,10,17H2,1H3. The summed E-state index contributed by atoms with van der Waals surface area (Å²) in [5.41, 5.74) is 6.77. The molecule has 5 N–H and O–H groups in total. The lowest BCUT2D eigenvalue weighted by Gasteiger charge is -2.33. The molecule has 4 nitrogen and oxygen atoms in total. The van der Waals surface area contributed by atoms with E-state index in [0.29, 0.717) is 5.69 Å². The maximum Gasteiger partial charge on any atom is 0.138 e. The fourth-order valence-electron chi connectivity index (χ4n) is 2.94. The number of aliphatic hydroxyl groups is 1. The summed E-state index contributed by atoms with van der Waals surface area (Å²) in [6, 6.07) is 5.02. The van der Waals surface area contributed by atoms with Gasteiger partial charge in [0.05, 0.1) is 11.8 Å². The zero-order valence-corrected chi connectivity index (χ0v) is 12.2. The molecule has 1 aliphatic heterocycles. The van der Waals surface area contributed by atoms with E-state index < -0.39 is 6.10 Å². The molecule has 1 aromatic carbocycles. The minimum Gasteiger partial charge on any atom is -0.506 e. The molecule has 0 bridgehead atoms. The molecule has 1 fully saturated rings. The number of benzene rings is 1. The number of rotatable bonds is 5. The van der Waals surface area contributed by atoms with Gasteiger partial charge in [0, 0.05) is 6.04 Å². The molecule has 0 radical (unpaired) electrons.